The largest absolute Gasteiger partial charge is 0.326 e. The quantitative estimate of drug-likeness (QED) is 0.377. The molecule has 0 bridgehead atoms. The maximum atomic E-state index is 13.3. The van der Waals surface area contributed by atoms with Gasteiger partial charge >= 0.3 is 6.03 Å². The van der Waals surface area contributed by atoms with Gasteiger partial charge < -0.3 is 20.9 Å². The molecule has 0 fully saturated rings. The Labute approximate surface area is 220 Å². The zero-order valence-electron chi connectivity index (χ0n) is 21.0. The van der Waals surface area contributed by atoms with E-state index in [2.05, 4.69) is 20.9 Å². The van der Waals surface area contributed by atoms with Crippen molar-refractivity contribution in [3.63, 3.8) is 0 Å². The summed E-state index contributed by atoms with van der Waals surface area (Å²) in [5.41, 5.74) is 3.52. The molecule has 3 N–H and O–H groups in total. The number of hydrogen-bond donors (Lipinski definition) is 3. The summed E-state index contributed by atoms with van der Waals surface area (Å²) in [5, 5.41) is 10.0. The first-order valence-electron chi connectivity index (χ1n) is 12.3. The number of fused-ring (bicyclic) bond motifs is 2. The Morgan fingerprint density at radius 3 is 2.37 bits per heavy atom. The molecule has 5 rings (SSSR count). The molecule has 8 nitrogen and oxygen atoms in total. The number of benzodiazepines with no additional fused rings is 1. The van der Waals surface area contributed by atoms with Crippen molar-refractivity contribution in [2.45, 2.75) is 19.1 Å². The molecule has 1 heterocycles. The maximum absolute atomic E-state index is 13.3. The summed E-state index contributed by atoms with van der Waals surface area (Å²) in [7, 11) is 1.66. The van der Waals surface area contributed by atoms with E-state index in [1.165, 1.54) is 4.90 Å². The van der Waals surface area contributed by atoms with Crippen LogP contribution >= 0.6 is 0 Å². The number of carbonyl (C=O) groups excluding carboxylic acids is 3. The van der Waals surface area contributed by atoms with Gasteiger partial charge in [-0.15, -0.1) is 0 Å². The molecule has 0 unspecified atom stereocenters. The summed E-state index contributed by atoms with van der Waals surface area (Å²) < 4.78 is 0. The first-order valence-corrected chi connectivity index (χ1v) is 12.3. The van der Waals surface area contributed by atoms with Crippen molar-refractivity contribution in [1.82, 2.24) is 10.6 Å². The molecule has 0 saturated heterocycles. The van der Waals surface area contributed by atoms with Gasteiger partial charge in [0.2, 0.25) is 12.1 Å². The highest BCUT2D eigenvalue weighted by atomic mass is 16.2. The van der Waals surface area contributed by atoms with Gasteiger partial charge in [0.05, 0.1) is 17.1 Å². The van der Waals surface area contributed by atoms with Crippen molar-refractivity contribution in [1.29, 1.82) is 0 Å². The van der Waals surface area contributed by atoms with Crippen LogP contribution in [0.3, 0.4) is 0 Å². The molecule has 0 radical (unpaired) electrons. The molecule has 4 aromatic rings. The predicted octanol–water partition coefficient (Wildman–Crippen LogP) is 4.31. The monoisotopic (exact) mass is 505 g/mol. The lowest BCUT2D eigenvalue weighted by Crippen LogP contribution is -2.52. The van der Waals surface area contributed by atoms with Crippen LogP contribution in [0.25, 0.3) is 10.8 Å². The fourth-order valence-corrected chi connectivity index (χ4v) is 4.46. The SMILES string of the molecule is C[C@H](NC(=O)Nc1cccc2ccccc12)C(=O)N[C@H]1N=C(c2ccccc2)c2ccccc2N(C)C1=O. The van der Waals surface area contributed by atoms with E-state index >= 15 is 0 Å². The van der Waals surface area contributed by atoms with Gasteiger partial charge in [-0.25, -0.2) is 9.79 Å². The van der Waals surface area contributed by atoms with Gasteiger partial charge in [0.1, 0.15) is 6.04 Å². The zero-order valence-corrected chi connectivity index (χ0v) is 21.0. The molecule has 0 spiro atoms. The number of carbonyl (C=O) groups is 3. The van der Waals surface area contributed by atoms with Crippen molar-refractivity contribution in [2.75, 3.05) is 17.3 Å². The van der Waals surface area contributed by atoms with E-state index in [0.29, 0.717) is 17.1 Å². The Hall–Kier alpha value is -4.98. The normalized spacial score (nSPS) is 15.6. The van der Waals surface area contributed by atoms with E-state index < -0.39 is 24.1 Å². The highest BCUT2D eigenvalue weighted by molar-refractivity contribution is 6.20. The first kappa shape index (κ1) is 24.7. The minimum Gasteiger partial charge on any atom is -0.326 e. The molecule has 0 aliphatic carbocycles. The molecule has 2 atom stereocenters. The number of para-hydroxylation sites is 1. The van der Waals surface area contributed by atoms with E-state index in [0.717, 1.165) is 21.9 Å². The summed E-state index contributed by atoms with van der Waals surface area (Å²) in [4.78, 5) is 45.3. The fraction of sp³-hybridized carbons (Fsp3) is 0.133. The summed E-state index contributed by atoms with van der Waals surface area (Å²) >= 11 is 0. The molecule has 38 heavy (non-hydrogen) atoms. The lowest BCUT2D eigenvalue weighted by molar-refractivity contribution is -0.128. The number of amides is 4. The average molecular weight is 506 g/mol. The van der Waals surface area contributed by atoms with Crippen LogP contribution in [0.2, 0.25) is 0 Å². The van der Waals surface area contributed by atoms with Crippen LogP contribution in [0.15, 0.2) is 102 Å². The number of nitrogens with zero attached hydrogens (tertiary/aromatic N) is 2. The third-order valence-corrected chi connectivity index (χ3v) is 6.45. The first-order chi connectivity index (χ1) is 18.4. The lowest BCUT2D eigenvalue weighted by atomic mass is 10.0. The minimum atomic E-state index is -1.17. The second-order valence-electron chi connectivity index (χ2n) is 9.02. The number of urea groups is 1. The van der Waals surface area contributed by atoms with Gasteiger partial charge in [0.15, 0.2) is 0 Å². The Balaban J connectivity index is 1.34. The second kappa shape index (κ2) is 10.6. The van der Waals surface area contributed by atoms with Gasteiger partial charge in [-0.05, 0) is 24.4 Å². The predicted molar refractivity (Wildman–Crippen MR) is 149 cm³/mol. The van der Waals surface area contributed by atoms with Crippen LogP contribution in [0.4, 0.5) is 16.2 Å². The standard InChI is InChI=1S/C30H27N5O3/c1-19(31-30(38)32-24-17-10-14-20-11-6-7-15-22(20)24)28(36)34-27-29(37)35(2)25-18-9-8-16-23(25)26(33-27)21-12-4-3-5-13-21/h3-19,27H,1-2H3,(H,34,36)(H2,31,32,38)/t19-,27+/m0/s1. The molecule has 0 saturated carbocycles. The third kappa shape index (κ3) is 4.97. The van der Waals surface area contributed by atoms with Gasteiger partial charge in [0.25, 0.3) is 5.91 Å². The van der Waals surface area contributed by atoms with Gasteiger partial charge in [-0.2, -0.15) is 0 Å². The molecule has 4 aromatic carbocycles. The number of hydrogen-bond acceptors (Lipinski definition) is 4. The smallest absolute Gasteiger partial charge is 0.319 e. The van der Waals surface area contributed by atoms with Crippen LogP contribution in [-0.2, 0) is 9.59 Å². The molecule has 0 aromatic heterocycles. The number of likely N-dealkylation sites (N-methyl/N-ethyl adjacent to an activating group) is 1. The fourth-order valence-electron chi connectivity index (χ4n) is 4.46. The molecular weight excluding hydrogens is 478 g/mol. The summed E-state index contributed by atoms with van der Waals surface area (Å²) in [6, 6.07) is 28.8. The van der Waals surface area contributed by atoms with E-state index in [1.54, 1.807) is 20.0 Å². The van der Waals surface area contributed by atoms with E-state index in [1.807, 2.05) is 91.0 Å². The highest BCUT2D eigenvalue weighted by Gasteiger charge is 2.32. The van der Waals surface area contributed by atoms with Crippen molar-refractivity contribution in [3.8, 4) is 0 Å². The van der Waals surface area contributed by atoms with E-state index in [9.17, 15) is 14.4 Å². The van der Waals surface area contributed by atoms with Crippen LogP contribution in [0, 0.1) is 0 Å². The Morgan fingerprint density at radius 2 is 1.55 bits per heavy atom. The van der Waals surface area contributed by atoms with Gasteiger partial charge in [0, 0.05) is 23.6 Å². The third-order valence-electron chi connectivity index (χ3n) is 6.45. The molecule has 190 valence electrons. The summed E-state index contributed by atoms with van der Waals surface area (Å²) in [6.07, 6.45) is -1.17. The molecular formula is C30H27N5O3. The topological polar surface area (TPSA) is 103 Å². The summed E-state index contributed by atoms with van der Waals surface area (Å²) in [5.74, 6) is -0.920. The zero-order chi connectivity index (χ0) is 26.6. The number of benzene rings is 4. The average Bonchev–Trinajstić information content (AvgIpc) is 3.04. The van der Waals surface area contributed by atoms with Crippen LogP contribution < -0.4 is 20.9 Å². The number of aliphatic imine (C=N–C) groups is 1. The molecule has 8 heteroatoms. The van der Waals surface area contributed by atoms with E-state index in [4.69, 9.17) is 0 Å². The van der Waals surface area contributed by atoms with Crippen molar-refractivity contribution in [2.24, 2.45) is 4.99 Å². The summed E-state index contributed by atoms with van der Waals surface area (Å²) in [6.45, 7) is 1.56. The lowest BCUT2D eigenvalue weighted by Gasteiger charge is -2.22. The molecule has 1 aliphatic rings. The maximum Gasteiger partial charge on any atom is 0.319 e. The van der Waals surface area contributed by atoms with Crippen molar-refractivity contribution >= 4 is 45.7 Å². The van der Waals surface area contributed by atoms with E-state index in [-0.39, 0.29) is 5.91 Å². The van der Waals surface area contributed by atoms with Crippen molar-refractivity contribution < 1.29 is 14.4 Å². The minimum absolute atomic E-state index is 0.385. The van der Waals surface area contributed by atoms with Crippen LogP contribution in [-0.4, -0.2) is 42.8 Å². The Bertz CT molecular complexity index is 1540. The van der Waals surface area contributed by atoms with Crippen molar-refractivity contribution in [3.05, 3.63) is 108 Å². The van der Waals surface area contributed by atoms with Gasteiger partial charge in [-0.3, -0.25) is 9.59 Å². The van der Waals surface area contributed by atoms with Crippen LogP contribution in [0.5, 0.6) is 0 Å². The Morgan fingerprint density at radius 1 is 0.868 bits per heavy atom. The number of anilines is 2. The van der Waals surface area contributed by atoms with Gasteiger partial charge in [-0.1, -0.05) is 84.9 Å². The molecule has 4 amide bonds. The highest BCUT2D eigenvalue weighted by Crippen LogP contribution is 2.27. The number of rotatable bonds is 5. The number of nitrogens with one attached hydrogen (secondary N) is 3. The second-order valence-corrected chi connectivity index (χ2v) is 9.02. The van der Waals surface area contributed by atoms with Crippen LogP contribution in [0.1, 0.15) is 18.1 Å². The molecule has 1 aliphatic heterocycles. The Kier molecular flexibility index (Phi) is 6.86.